The standard InChI is InChI=1S/C31H26N2O3/c1-21-11-13-22(14-12-21)20-36-29-16-15-23-7-5-6-10-26(23)28(29)19-32-33-31(34)27-17-24-8-3-4-9-25(24)18-30(27)35-2/h3-19H,20H2,1-2H3,(H,33,34). The van der Waals surface area contributed by atoms with Gasteiger partial charge in [-0.3, -0.25) is 4.79 Å². The second-order valence-corrected chi connectivity index (χ2v) is 8.57. The topological polar surface area (TPSA) is 59.9 Å². The number of aryl methyl sites for hydroxylation is 1. The summed E-state index contributed by atoms with van der Waals surface area (Å²) in [5.41, 5.74) is 6.15. The summed E-state index contributed by atoms with van der Waals surface area (Å²) < 4.78 is 11.6. The van der Waals surface area contributed by atoms with E-state index in [9.17, 15) is 4.79 Å². The predicted molar refractivity (Wildman–Crippen MR) is 145 cm³/mol. The molecule has 0 unspecified atom stereocenters. The predicted octanol–water partition coefficient (Wildman–Crippen LogP) is 6.65. The number of rotatable bonds is 7. The molecule has 0 saturated carbocycles. The van der Waals surface area contributed by atoms with Crippen molar-refractivity contribution in [3.05, 3.63) is 119 Å². The van der Waals surface area contributed by atoms with Crippen LogP contribution in [0.4, 0.5) is 0 Å². The zero-order valence-corrected chi connectivity index (χ0v) is 20.2. The van der Waals surface area contributed by atoms with E-state index in [4.69, 9.17) is 9.47 Å². The molecule has 5 aromatic rings. The number of methoxy groups -OCH3 is 1. The normalized spacial score (nSPS) is 11.2. The number of benzene rings is 5. The highest BCUT2D eigenvalue weighted by molar-refractivity contribution is 6.04. The van der Waals surface area contributed by atoms with E-state index in [-0.39, 0.29) is 5.91 Å². The fourth-order valence-corrected chi connectivity index (χ4v) is 4.16. The van der Waals surface area contributed by atoms with Gasteiger partial charge in [0.15, 0.2) is 0 Å². The van der Waals surface area contributed by atoms with Crippen molar-refractivity contribution in [2.45, 2.75) is 13.5 Å². The highest BCUT2D eigenvalue weighted by atomic mass is 16.5. The number of fused-ring (bicyclic) bond motifs is 2. The van der Waals surface area contributed by atoms with Gasteiger partial charge in [0.2, 0.25) is 0 Å². The SMILES string of the molecule is COc1cc2ccccc2cc1C(=O)NN=Cc1c(OCc2ccc(C)cc2)ccc2ccccc12. The van der Waals surface area contributed by atoms with Gasteiger partial charge in [-0.2, -0.15) is 5.10 Å². The number of nitrogens with zero attached hydrogens (tertiary/aromatic N) is 1. The molecule has 0 fully saturated rings. The van der Waals surface area contributed by atoms with Gasteiger partial charge in [-0.25, -0.2) is 5.43 Å². The lowest BCUT2D eigenvalue weighted by Gasteiger charge is -2.12. The van der Waals surface area contributed by atoms with Crippen LogP contribution < -0.4 is 14.9 Å². The number of carbonyl (C=O) groups is 1. The van der Waals surface area contributed by atoms with Crippen molar-refractivity contribution in [3.8, 4) is 11.5 Å². The molecule has 1 N–H and O–H groups in total. The molecule has 0 radical (unpaired) electrons. The zero-order valence-electron chi connectivity index (χ0n) is 20.2. The Morgan fingerprint density at radius 3 is 2.28 bits per heavy atom. The van der Waals surface area contributed by atoms with Gasteiger partial charge in [0.05, 0.1) is 18.9 Å². The van der Waals surface area contributed by atoms with E-state index in [1.165, 1.54) is 5.56 Å². The molecule has 0 spiro atoms. The van der Waals surface area contributed by atoms with Crippen LogP contribution in [0.1, 0.15) is 27.0 Å². The first-order valence-corrected chi connectivity index (χ1v) is 11.7. The van der Waals surface area contributed by atoms with Gasteiger partial charge in [-0.05, 0) is 52.2 Å². The van der Waals surface area contributed by atoms with Gasteiger partial charge in [0, 0.05) is 5.56 Å². The number of hydrazone groups is 1. The summed E-state index contributed by atoms with van der Waals surface area (Å²) in [6, 6.07) is 31.7. The van der Waals surface area contributed by atoms with Crippen LogP contribution in [0.15, 0.2) is 102 Å². The third-order valence-corrected chi connectivity index (χ3v) is 6.12. The second kappa shape index (κ2) is 10.3. The van der Waals surface area contributed by atoms with Crippen molar-refractivity contribution in [2.75, 3.05) is 7.11 Å². The van der Waals surface area contributed by atoms with Crippen LogP contribution in [0.25, 0.3) is 21.5 Å². The van der Waals surface area contributed by atoms with Crippen LogP contribution in [0.2, 0.25) is 0 Å². The molecule has 5 heteroatoms. The smallest absolute Gasteiger partial charge is 0.275 e. The molecule has 0 aliphatic heterocycles. The molecule has 0 aromatic heterocycles. The molecule has 0 atom stereocenters. The minimum atomic E-state index is -0.351. The quantitative estimate of drug-likeness (QED) is 0.212. The van der Waals surface area contributed by atoms with Gasteiger partial charge in [-0.15, -0.1) is 0 Å². The number of ether oxygens (including phenoxy) is 2. The third kappa shape index (κ3) is 4.91. The first-order chi connectivity index (χ1) is 17.6. The highest BCUT2D eigenvalue weighted by Gasteiger charge is 2.14. The lowest BCUT2D eigenvalue weighted by atomic mass is 10.0. The van der Waals surface area contributed by atoms with E-state index in [0.29, 0.717) is 23.7 Å². The van der Waals surface area contributed by atoms with Crippen LogP contribution in [0.3, 0.4) is 0 Å². The Bertz CT molecular complexity index is 1570. The van der Waals surface area contributed by atoms with E-state index in [1.807, 2.05) is 72.8 Å². The van der Waals surface area contributed by atoms with Crippen molar-refractivity contribution < 1.29 is 14.3 Å². The molecule has 0 saturated heterocycles. The van der Waals surface area contributed by atoms with Crippen molar-refractivity contribution >= 4 is 33.7 Å². The molecular weight excluding hydrogens is 448 g/mol. The average molecular weight is 475 g/mol. The molecular formula is C31H26N2O3. The number of carbonyl (C=O) groups excluding carboxylic acids is 1. The molecule has 0 bridgehead atoms. The fourth-order valence-electron chi connectivity index (χ4n) is 4.16. The van der Waals surface area contributed by atoms with E-state index < -0.39 is 0 Å². The number of hydrogen-bond donors (Lipinski definition) is 1. The van der Waals surface area contributed by atoms with Gasteiger partial charge < -0.3 is 9.47 Å². The van der Waals surface area contributed by atoms with Crippen molar-refractivity contribution in [2.24, 2.45) is 5.10 Å². The van der Waals surface area contributed by atoms with Gasteiger partial charge in [0.25, 0.3) is 5.91 Å². The zero-order chi connectivity index (χ0) is 24.9. The summed E-state index contributed by atoms with van der Waals surface area (Å²) in [7, 11) is 1.55. The van der Waals surface area contributed by atoms with Crippen LogP contribution in [0.5, 0.6) is 11.5 Å². The number of nitrogens with one attached hydrogen (secondary N) is 1. The Kier molecular flexibility index (Phi) is 6.63. The number of amides is 1. The highest BCUT2D eigenvalue weighted by Crippen LogP contribution is 2.28. The minimum Gasteiger partial charge on any atom is -0.496 e. The van der Waals surface area contributed by atoms with E-state index in [0.717, 1.165) is 32.7 Å². The first-order valence-electron chi connectivity index (χ1n) is 11.7. The number of hydrogen-bond acceptors (Lipinski definition) is 4. The average Bonchev–Trinajstić information content (AvgIpc) is 2.92. The maximum absolute atomic E-state index is 13.0. The largest absolute Gasteiger partial charge is 0.496 e. The molecule has 178 valence electrons. The third-order valence-electron chi connectivity index (χ3n) is 6.12. The summed E-state index contributed by atoms with van der Waals surface area (Å²) in [5.74, 6) is 0.834. The minimum absolute atomic E-state index is 0.351. The summed E-state index contributed by atoms with van der Waals surface area (Å²) in [6.07, 6.45) is 1.64. The molecule has 5 aromatic carbocycles. The Morgan fingerprint density at radius 1 is 0.833 bits per heavy atom. The lowest BCUT2D eigenvalue weighted by molar-refractivity contribution is 0.0952. The second-order valence-electron chi connectivity index (χ2n) is 8.57. The molecule has 1 amide bonds. The molecule has 5 rings (SSSR count). The fraction of sp³-hybridized carbons (Fsp3) is 0.0968. The molecule has 0 aliphatic carbocycles. The van der Waals surface area contributed by atoms with Crippen molar-refractivity contribution in [1.82, 2.24) is 5.43 Å². The van der Waals surface area contributed by atoms with Crippen molar-refractivity contribution in [1.29, 1.82) is 0 Å². The van der Waals surface area contributed by atoms with Crippen LogP contribution >= 0.6 is 0 Å². The maximum Gasteiger partial charge on any atom is 0.275 e. The monoisotopic (exact) mass is 474 g/mol. The lowest BCUT2D eigenvalue weighted by Crippen LogP contribution is -2.18. The Balaban J connectivity index is 1.42. The summed E-state index contributed by atoms with van der Waals surface area (Å²) in [6.45, 7) is 2.49. The van der Waals surface area contributed by atoms with Gasteiger partial charge in [-0.1, -0.05) is 84.4 Å². The van der Waals surface area contributed by atoms with E-state index in [2.05, 4.69) is 41.7 Å². The Morgan fingerprint density at radius 2 is 1.53 bits per heavy atom. The van der Waals surface area contributed by atoms with Crippen LogP contribution in [-0.4, -0.2) is 19.2 Å². The maximum atomic E-state index is 13.0. The summed E-state index contributed by atoms with van der Waals surface area (Å²) in [4.78, 5) is 13.0. The molecule has 0 aliphatic rings. The molecule has 0 heterocycles. The Hall–Kier alpha value is -4.64. The van der Waals surface area contributed by atoms with Crippen LogP contribution in [-0.2, 0) is 6.61 Å². The van der Waals surface area contributed by atoms with E-state index >= 15 is 0 Å². The first kappa shape index (κ1) is 23.1. The van der Waals surface area contributed by atoms with E-state index in [1.54, 1.807) is 13.3 Å². The van der Waals surface area contributed by atoms with Gasteiger partial charge >= 0.3 is 0 Å². The van der Waals surface area contributed by atoms with Gasteiger partial charge in [0.1, 0.15) is 18.1 Å². The van der Waals surface area contributed by atoms with Crippen LogP contribution in [0, 0.1) is 6.92 Å². The summed E-state index contributed by atoms with van der Waals surface area (Å²) >= 11 is 0. The molecule has 5 nitrogen and oxygen atoms in total. The summed E-state index contributed by atoms with van der Waals surface area (Å²) in [5, 5.41) is 8.29. The Labute approximate surface area is 210 Å². The molecule has 36 heavy (non-hydrogen) atoms. The van der Waals surface area contributed by atoms with Crippen molar-refractivity contribution in [3.63, 3.8) is 0 Å².